The Kier molecular flexibility index (Phi) is 3.12. The molecule has 0 N–H and O–H groups in total. The molecule has 1 aromatic rings. The molecule has 1 nitrogen and oxygen atoms in total. The number of benzene rings is 1. The second kappa shape index (κ2) is 4.13. The van der Waals surface area contributed by atoms with Gasteiger partial charge in [0.25, 0.3) is 0 Å². The zero-order valence-corrected chi connectivity index (χ0v) is 7.97. The SMILES string of the molecule is CC(=O)C=Cc1ccc(C)c(F)c1F. The first-order valence-electron chi connectivity index (χ1n) is 4.15. The molecular formula is C11H10F2O. The lowest BCUT2D eigenvalue weighted by atomic mass is 10.1. The largest absolute Gasteiger partial charge is 0.295 e. The van der Waals surface area contributed by atoms with Crippen LogP contribution in [0.1, 0.15) is 18.1 Å². The summed E-state index contributed by atoms with van der Waals surface area (Å²) >= 11 is 0. The van der Waals surface area contributed by atoms with Gasteiger partial charge in [-0.3, -0.25) is 4.79 Å². The number of hydrogen-bond donors (Lipinski definition) is 0. The predicted molar refractivity (Wildman–Crippen MR) is 50.8 cm³/mol. The van der Waals surface area contributed by atoms with E-state index in [0.29, 0.717) is 0 Å². The van der Waals surface area contributed by atoms with Crippen LogP contribution in [0.15, 0.2) is 18.2 Å². The van der Waals surface area contributed by atoms with E-state index in [4.69, 9.17) is 0 Å². The van der Waals surface area contributed by atoms with Gasteiger partial charge in [0.05, 0.1) is 0 Å². The van der Waals surface area contributed by atoms with Gasteiger partial charge in [-0.25, -0.2) is 8.78 Å². The summed E-state index contributed by atoms with van der Waals surface area (Å²) in [4.78, 5) is 10.6. The third kappa shape index (κ3) is 2.25. The molecule has 0 saturated heterocycles. The van der Waals surface area contributed by atoms with Crippen molar-refractivity contribution in [2.75, 3.05) is 0 Å². The number of carbonyl (C=O) groups is 1. The highest BCUT2D eigenvalue weighted by molar-refractivity contribution is 5.91. The molecule has 0 fully saturated rings. The lowest BCUT2D eigenvalue weighted by molar-refractivity contribution is -0.112. The van der Waals surface area contributed by atoms with Gasteiger partial charge in [0.1, 0.15) is 0 Å². The number of aryl methyl sites for hydroxylation is 1. The van der Waals surface area contributed by atoms with E-state index in [9.17, 15) is 13.6 Å². The Morgan fingerprint density at radius 3 is 2.50 bits per heavy atom. The number of hydrogen-bond acceptors (Lipinski definition) is 1. The van der Waals surface area contributed by atoms with Crippen molar-refractivity contribution in [3.63, 3.8) is 0 Å². The zero-order valence-electron chi connectivity index (χ0n) is 7.97. The standard InChI is InChI=1S/C11H10F2O/c1-7-3-5-9(6-4-8(2)14)11(13)10(7)12/h3-6H,1-2H3. The van der Waals surface area contributed by atoms with Crippen molar-refractivity contribution in [2.24, 2.45) is 0 Å². The summed E-state index contributed by atoms with van der Waals surface area (Å²) in [6.45, 7) is 2.83. The van der Waals surface area contributed by atoms with Crippen molar-refractivity contribution in [2.45, 2.75) is 13.8 Å². The van der Waals surface area contributed by atoms with Gasteiger partial charge in [-0.1, -0.05) is 12.1 Å². The van der Waals surface area contributed by atoms with E-state index < -0.39 is 11.6 Å². The summed E-state index contributed by atoms with van der Waals surface area (Å²) in [7, 11) is 0. The number of rotatable bonds is 2. The number of ketones is 1. The molecule has 14 heavy (non-hydrogen) atoms. The van der Waals surface area contributed by atoms with E-state index in [0.717, 1.165) is 0 Å². The summed E-state index contributed by atoms with van der Waals surface area (Å²) in [6.07, 6.45) is 2.47. The minimum atomic E-state index is -0.914. The third-order valence-corrected chi connectivity index (χ3v) is 1.80. The summed E-state index contributed by atoms with van der Waals surface area (Å²) in [5.74, 6) is -1.98. The molecule has 1 aromatic carbocycles. The van der Waals surface area contributed by atoms with Crippen LogP contribution in [0.3, 0.4) is 0 Å². The van der Waals surface area contributed by atoms with E-state index in [-0.39, 0.29) is 16.9 Å². The average molecular weight is 196 g/mol. The minimum Gasteiger partial charge on any atom is -0.295 e. The topological polar surface area (TPSA) is 17.1 Å². The van der Waals surface area contributed by atoms with E-state index in [1.165, 1.54) is 38.1 Å². The van der Waals surface area contributed by atoms with Crippen LogP contribution in [-0.4, -0.2) is 5.78 Å². The van der Waals surface area contributed by atoms with Gasteiger partial charge in [-0.2, -0.15) is 0 Å². The van der Waals surface area contributed by atoms with Gasteiger partial charge in [-0.15, -0.1) is 0 Å². The molecule has 0 aliphatic heterocycles. The maximum Gasteiger partial charge on any atom is 0.166 e. The molecule has 0 aliphatic rings. The van der Waals surface area contributed by atoms with Crippen molar-refractivity contribution < 1.29 is 13.6 Å². The molecule has 0 heterocycles. The van der Waals surface area contributed by atoms with Crippen LogP contribution >= 0.6 is 0 Å². The van der Waals surface area contributed by atoms with Crippen LogP contribution in [0.4, 0.5) is 8.78 Å². The highest BCUT2D eigenvalue weighted by Gasteiger charge is 2.08. The Hall–Kier alpha value is -1.51. The highest BCUT2D eigenvalue weighted by Crippen LogP contribution is 2.16. The van der Waals surface area contributed by atoms with Crippen LogP contribution < -0.4 is 0 Å². The lowest BCUT2D eigenvalue weighted by Crippen LogP contribution is -1.92. The predicted octanol–water partition coefficient (Wildman–Crippen LogP) is 2.88. The molecule has 0 aromatic heterocycles. The molecule has 0 bridgehead atoms. The fraction of sp³-hybridized carbons (Fsp3) is 0.182. The normalized spacial score (nSPS) is 10.9. The van der Waals surface area contributed by atoms with Crippen molar-refractivity contribution in [1.82, 2.24) is 0 Å². The number of carbonyl (C=O) groups excluding carboxylic acids is 1. The molecule has 0 saturated carbocycles. The van der Waals surface area contributed by atoms with Crippen LogP contribution in [0, 0.1) is 18.6 Å². The minimum absolute atomic E-state index is 0.0864. The van der Waals surface area contributed by atoms with E-state index in [1.54, 1.807) is 0 Å². The zero-order chi connectivity index (χ0) is 10.7. The lowest BCUT2D eigenvalue weighted by Gasteiger charge is -2.00. The number of allylic oxidation sites excluding steroid dienone is 1. The van der Waals surface area contributed by atoms with Crippen molar-refractivity contribution >= 4 is 11.9 Å². The second-order valence-corrected chi connectivity index (χ2v) is 3.04. The molecule has 0 radical (unpaired) electrons. The van der Waals surface area contributed by atoms with Crippen molar-refractivity contribution in [3.05, 3.63) is 41.0 Å². The van der Waals surface area contributed by atoms with Gasteiger partial charge in [0, 0.05) is 5.56 Å². The Morgan fingerprint density at radius 1 is 1.29 bits per heavy atom. The fourth-order valence-corrected chi connectivity index (χ4v) is 0.997. The molecule has 0 spiro atoms. The first-order valence-corrected chi connectivity index (χ1v) is 4.15. The van der Waals surface area contributed by atoms with Gasteiger partial charge in [-0.05, 0) is 31.6 Å². The fourth-order valence-electron chi connectivity index (χ4n) is 0.997. The summed E-state index contributed by atoms with van der Waals surface area (Å²) in [5, 5.41) is 0. The quantitative estimate of drug-likeness (QED) is 0.665. The first-order chi connectivity index (χ1) is 6.52. The molecule has 0 atom stereocenters. The van der Waals surface area contributed by atoms with Crippen LogP contribution in [-0.2, 0) is 4.79 Å². The van der Waals surface area contributed by atoms with Crippen molar-refractivity contribution in [3.8, 4) is 0 Å². The molecule has 0 unspecified atom stereocenters. The Balaban J connectivity index is 3.12. The highest BCUT2D eigenvalue weighted by atomic mass is 19.2. The Bertz CT molecular complexity index is 395. The van der Waals surface area contributed by atoms with E-state index in [2.05, 4.69) is 0 Å². The Labute approximate surface area is 81.1 Å². The van der Waals surface area contributed by atoms with Crippen LogP contribution in [0.2, 0.25) is 0 Å². The monoisotopic (exact) mass is 196 g/mol. The summed E-state index contributed by atoms with van der Waals surface area (Å²) in [5.41, 5.74) is 0.339. The maximum absolute atomic E-state index is 13.2. The molecule has 3 heteroatoms. The van der Waals surface area contributed by atoms with E-state index in [1.807, 2.05) is 0 Å². The first kappa shape index (κ1) is 10.6. The van der Waals surface area contributed by atoms with E-state index >= 15 is 0 Å². The average Bonchev–Trinajstić information content (AvgIpc) is 2.13. The third-order valence-electron chi connectivity index (χ3n) is 1.80. The second-order valence-electron chi connectivity index (χ2n) is 3.04. The van der Waals surface area contributed by atoms with Gasteiger partial charge in [0.15, 0.2) is 17.4 Å². The summed E-state index contributed by atoms with van der Waals surface area (Å²) < 4.78 is 26.2. The van der Waals surface area contributed by atoms with Gasteiger partial charge >= 0.3 is 0 Å². The maximum atomic E-state index is 13.2. The van der Waals surface area contributed by atoms with Gasteiger partial charge < -0.3 is 0 Å². The molecule has 0 aliphatic carbocycles. The molecular weight excluding hydrogens is 186 g/mol. The van der Waals surface area contributed by atoms with Gasteiger partial charge in [0.2, 0.25) is 0 Å². The molecule has 74 valence electrons. The van der Waals surface area contributed by atoms with Crippen LogP contribution in [0.25, 0.3) is 6.08 Å². The number of halogens is 2. The molecule has 1 rings (SSSR count). The smallest absolute Gasteiger partial charge is 0.166 e. The molecule has 0 amide bonds. The Morgan fingerprint density at radius 2 is 1.93 bits per heavy atom. The summed E-state index contributed by atoms with van der Waals surface area (Å²) in [6, 6.07) is 2.91. The van der Waals surface area contributed by atoms with Crippen molar-refractivity contribution in [1.29, 1.82) is 0 Å². The van der Waals surface area contributed by atoms with Crippen LogP contribution in [0.5, 0.6) is 0 Å².